The highest BCUT2D eigenvalue weighted by Crippen LogP contribution is 2.29. The monoisotopic (exact) mass is 374 g/mol. The molecule has 0 heterocycles. The summed E-state index contributed by atoms with van der Waals surface area (Å²) < 4.78 is 42.8. The summed E-state index contributed by atoms with van der Waals surface area (Å²) in [5, 5.41) is 0.717. The number of carbonyl (C=O) groups is 1. The molecule has 0 fully saturated rings. The molecule has 0 saturated heterocycles. The van der Waals surface area contributed by atoms with E-state index in [4.69, 9.17) is 27.9 Å². The van der Waals surface area contributed by atoms with Crippen molar-refractivity contribution in [2.45, 2.75) is 12.8 Å². The molecule has 2 nitrogen and oxygen atoms in total. The fourth-order valence-corrected chi connectivity index (χ4v) is 2.35. The molecule has 2 aromatic rings. The van der Waals surface area contributed by atoms with Gasteiger partial charge < -0.3 is 4.74 Å². The summed E-state index contributed by atoms with van der Waals surface area (Å²) in [5.74, 6) is -0.719. The van der Waals surface area contributed by atoms with Crippen LogP contribution in [-0.2, 0) is 22.3 Å². The molecule has 7 heteroatoms. The lowest BCUT2D eigenvalue weighted by Crippen LogP contribution is -2.04. The molecule has 0 unspecified atom stereocenters. The number of rotatable bonds is 4. The predicted molar refractivity (Wildman–Crippen MR) is 86.7 cm³/mol. The Morgan fingerprint density at radius 3 is 2.33 bits per heavy atom. The summed E-state index contributed by atoms with van der Waals surface area (Å²) in [6.45, 7) is -0.135. The topological polar surface area (TPSA) is 26.3 Å². The van der Waals surface area contributed by atoms with Crippen LogP contribution in [0.15, 0.2) is 48.5 Å². The summed E-state index contributed by atoms with van der Waals surface area (Å²) in [6, 6.07) is 9.47. The summed E-state index contributed by atoms with van der Waals surface area (Å²) in [4.78, 5) is 11.7. The van der Waals surface area contributed by atoms with Gasteiger partial charge in [0.15, 0.2) is 0 Å². The Hall–Kier alpha value is -1.98. The molecule has 0 aliphatic rings. The maximum absolute atomic E-state index is 12.6. The van der Waals surface area contributed by atoms with Gasteiger partial charge in [-0.2, -0.15) is 13.2 Å². The van der Waals surface area contributed by atoms with Crippen molar-refractivity contribution in [3.8, 4) is 0 Å². The fraction of sp³-hybridized carbons (Fsp3) is 0.118. The summed E-state index contributed by atoms with van der Waals surface area (Å²) in [6.07, 6.45) is -2.16. The maximum atomic E-state index is 12.6. The third-order valence-electron chi connectivity index (χ3n) is 3.05. The van der Waals surface area contributed by atoms with Crippen molar-refractivity contribution in [3.05, 3.63) is 75.3 Å². The van der Waals surface area contributed by atoms with Crippen molar-refractivity contribution in [1.82, 2.24) is 0 Å². The van der Waals surface area contributed by atoms with Gasteiger partial charge in [-0.25, -0.2) is 4.79 Å². The number of hydrogen-bond donors (Lipinski definition) is 0. The maximum Gasteiger partial charge on any atom is 0.416 e. The normalized spacial score (nSPS) is 11.7. The van der Waals surface area contributed by atoms with Crippen LogP contribution in [0.2, 0.25) is 10.0 Å². The summed E-state index contributed by atoms with van der Waals surface area (Å²) in [7, 11) is 0. The second-order valence-electron chi connectivity index (χ2n) is 4.76. The van der Waals surface area contributed by atoms with Crippen molar-refractivity contribution in [3.63, 3.8) is 0 Å². The lowest BCUT2D eigenvalue weighted by molar-refractivity contribution is -0.139. The van der Waals surface area contributed by atoms with Gasteiger partial charge in [-0.1, -0.05) is 41.4 Å². The zero-order chi connectivity index (χ0) is 17.7. The van der Waals surface area contributed by atoms with Crippen LogP contribution in [-0.4, -0.2) is 5.97 Å². The average molecular weight is 375 g/mol. The van der Waals surface area contributed by atoms with Gasteiger partial charge in [0.1, 0.15) is 6.61 Å². The standard InChI is InChI=1S/C17H11Cl2F3O2/c18-14-5-2-6-15(19)13(14)10-24-16(23)8-7-11-3-1-4-12(9-11)17(20,21)22/h1-9H,10H2. The van der Waals surface area contributed by atoms with Crippen LogP contribution >= 0.6 is 23.2 Å². The van der Waals surface area contributed by atoms with E-state index in [1.807, 2.05) is 0 Å². The van der Waals surface area contributed by atoms with E-state index in [0.717, 1.165) is 18.2 Å². The van der Waals surface area contributed by atoms with Gasteiger partial charge in [0.05, 0.1) is 5.56 Å². The predicted octanol–water partition coefficient (Wildman–Crippen LogP) is 5.77. The molecular weight excluding hydrogens is 364 g/mol. The molecule has 0 atom stereocenters. The van der Waals surface area contributed by atoms with Crippen molar-refractivity contribution >= 4 is 35.2 Å². The molecule has 2 rings (SSSR count). The van der Waals surface area contributed by atoms with Gasteiger partial charge in [-0.15, -0.1) is 0 Å². The molecular formula is C17H11Cl2F3O2. The minimum atomic E-state index is -4.44. The molecule has 0 bridgehead atoms. The Balaban J connectivity index is 2.01. The van der Waals surface area contributed by atoms with Crippen LogP contribution in [0.25, 0.3) is 6.08 Å². The minimum absolute atomic E-state index is 0.135. The molecule has 0 radical (unpaired) electrons. The Morgan fingerprint density at radius 1 is 1.08 bits per heavy atom. The number of ether oxygens (including phenoxy) is 1. The van der Waals surface area contributed by atoms with Gasteiger partial charge in [0.2, 0.25) is 0 Å². The molecule has 0 saturated carbocycles. The highest BCUT2D eigenvalue weighted by molar-refractivity contribution is 6.35. The van der Waals surface area contributed by atoms with Gasteiger partial charge in [0, 0.05) is 21.7 Å². The first-order chi connectivity index (χ1) is 11.3. The third kappa shape index (κ3) is 5.01. The van der Waals surface area contributed by atoms with E-state index in [2.05, 4.69) is 0 Å². The molecule has 0 aliphatic carbocycles. The van der Waals surface area contributed by atoms with Crippen molar-refractivity contribution in [2.75, 3.05) is 0 Å². The lowest BCUT2D eigenvalue weighted by Gasteiger charge is -2.07. The second-order valence-corrected chi connectivity index (χ2v) is 5.58. The highest BCUT2D eigenvalue weighted by atomic mass is 35.5. The van der Waals surface area contributed by atoms with E-state index in [1.54, 1.807) is 18.2 Å². The Kier molecular flexibility index (Phi) is 5.91. The first-order valence-corrected chi connectivity index (χ1v) is 7.48. The SMILES string of the molecule is O=C(C=Cc1cccc(C(F)(F)F)c1)OCc1c(Cl)cccc1Cl. The Labute approximate surface area is 146 Å². The number of halogens is 5. The molecule has 24 heavy (non-hydrogen) atoms. The van der Waals surface area contributed by atoms with Crippen molar-refractivity contribution < 1.29 is 22.7 Å². The smallest absolute Gasteiger partial charge is 0.416 e. The van der Waals surface area contributed by atoms with E-state index in [9.17, 15) is 18.0 Å². The minimum Gasteiger partial charge on any atom is -0.458 e. The number of alkyl halides is 3. The first-order valence-electron chi connectivity index (χ1n) is 6.72. The highest BCUT2D eigenvalue weighted by Gasteiger charge is 2.30. The van der Waals surface area contributed by atoms with Crippen LogP contribution < -0.4 is 0 Å². The largest absolute Gasteiger partial charge is 0.458 e. The van der Waals surface area contributed by atoms with Gasteiger partial charge in [-0.3, -0.25) is 0 Å². The molecule has 0 N–H and O–H groups in total. The molecule has 0 spiro atoms. The number of carbonyl (C=O) groups excluding carboxylic acids is 1. The second kappa shape index (κ2) is 7.73. The van der Waals surface area contributed by atoms with E-state index in [0.29, 0.717) is 15.6 Å². The number of esters is 1. The molecule has 0 aromatic heterocycles. The van der Waals surface area contributed by atoms with Gasteiger partial charge in [0.25, 0.3) is 0 Å². The van der Waals surface area contributed by atoms with Crippen LogP contribution in [0.3, 0.4) is 0 Å². The molecule has 0 amide bonds. The zero-order valence-electron chi connectivity index (χ0n) is 12.1. The molecule has 2 aromatic carbocycles. The number of benzene rings is 2. The summed E-state index contributed by atoms with van der Waals surface area (Å²) >= 11 is 11.9. The first kappa shape index (κ1) is 18.4. The Bertz CT molecular complexity index is 750. The Morgan fingerprint density at radius 2 is 1.71 bits per heavy atom. The summed E-state index contributed by atoms with van der Waals surface area (Å²) in [5.41, 5.74) is -0.0972. The van der Waals surface area contributed by atoms with Gasteiger partial charge >= 0.3 is 12.1 Å². The number of hydrogen-bond acceptors (Lipinski definition) is 2. The molecule has 126 valence electrons. The van der Waals surface area contributed by atoms with Gasteiger partial charge in [-0.05, 0) is 35.9 Å². The van der Waals surface area contributed by atoms with Crippen LogP contribution in [0.5, 0.6) is 0 Å². The van der Waals surface area contributed by atoms with E-state index in [1.165, 1.54) is 18.2 Å². The fourth-order valence-electron chi connectivity index (χ4n) is 1.84. The quantitative estimate of drug-likeness (QED) is 0.501. The van der Waals surface area contributed by atoms with Crippen LogP contribution in [0.1, 0.15) is 16.7 Å². The van der Waals surface area contributed by atoms with Crippen molar-refractivity contribution in [1.29, 1.82) is 0 Å². The van der Waals surface area contributed by atoms with E-state index >= 15 is 0 Å². The van der Waals surface area contributed by atoms with E-state index < -0.39 is 17.7 Å². The van der Waals surface area contributed by atoms with Crippen LogP contribution in [0, 0.1) is 0 Å². The lowest BCUT2D eigenvalue weighted by atomic mass is 10.1. The molecule has 0 aliphatic heterocycles. The zero-order valence-corrected chi connectivity index (χ0v) is 13.6. The van der Waals surface area contributed by atoms with Crippen molar-refractivity contribution in [2.24, 2.45) is 0 Å². The van der Waals surface area contributed by atoms with E-state index in [-0.39, 0.29) is 12.2 Å². The third-order valence-corrected chi connectivity index (χ3v) is 3.75. The van der Waals surface area contributed by atoms with Crippen LogP contribution in [0.4, 0.5) is 13.2 Å². The average Bonchev–Trinajstić information content (AvgIpc) is 2.52.